The van der Waals surface area contributed by atoms with Crippen LogP contribution in [0.1, 0.15) is 13.0 Å². The molecule has 0 N–H and O–H groups in total. The minimum Gasteiger partial charge on any atom is -0.353 e. The van der Waals surface area contributed by atoms with Gasteiger partial charge in [0.25, 0.3) is 5.89 Å². The molecule has 1 heterocycles. The zero-order valence-corrected chi connectivity index (χ0v) is 8.96. The van der Waals surface area contributed by atoms with Gasteiger partial charge in [0.05, 0.1) is 6.04 Å². The number of rotatable bonds is 3. The molecule has 4 heteroatoms. The number of hydrogen-bond acceptors (Lipinski definition) is 3. The molecule has 1 aromatic carbocycles. The highest BCUT2D eigenvalue weighted by Crippen LogP contribution is 2.16. The molecule has 0 fully saturated rings. The third-order valence-corrected chi connectivity index (χ3v) is 2.30. The second-order valence-electron chi connectivity index (χ2n) is 3.46. The van der Waals surface area contributed by atoms with E-state index in [9.17, 15) is 4.79 Å². The second-order valence-corrected chi connectivity index (χ2v) is 3.46. The average molecular weight is 216 g/mol. The molecule has 0 aliphatic carbocycles. The third-order valence-electron chi connectivity index (χ3n) is 2.30. The van der Waals surface area contributed by atoms with Crippen LogP contribution in [0.4, 0.5) is 0 Å². The van der Waals surface area contributed by atoms with Crippen LogP contribution in [0.25, 0.3) is 11.5 Å². The molecule has 1 atom stereocenters. The van der Waals surface area contributed by atoms with Gasteiger partial charge in [-0.1, -0.05) is 24.3 Å². The van der Waals surface area contributed by atoms with Crippen molar-refractivity contribution >= 4 is 0 Å². The zero-order valence-electron chi connectivity index (χ0n) is 8.96. The van der Waals surface area contributed by atoms with Crippen LogP contribution in [0.2, 0.25) is 0 Å². The summed E-state index contributed by atoms with van der Waals surface area (Å²) >= 11 is 0. The lowest BCUT2D eigenvalue weighted by atomic mass is 10.2. The van der Waals surface area contributed by atoms with Crippen LogP contribution in [0.5, 0.6) is 0 Å². The summed E-state index contributed by atoms with van der Waals surface area (Å²) in [6, 6.07) is 9.11. The third kappa shape index (κ3) is 1.82. The molecule has 0 amide bonds. The monoisotopic (exact) mass is 216 g/mol. The van der Waals surface area contributed by atoms with Crippen molar-refractivity contribution in [3.05, 3.63) is 53.5 Å². The summed E-state index contributed by atoms with van der Waals surface area (Å²) in [5.41, 5.74) is 0.390. The van der Waals surface area contributed by atoms with Crippen molar-refractivity contribution in [3.63, 3.8) is 0 Å². The van der Waals surface area contributed by atoms with Crippen LogP contribution in [-0.2, 0) is 0 Å². The Morgan fingerprint density at radius 1 is 1.44 bits per heavy atom. The molecule has 0 bridgehead atoms. The predicted molar refractivity (Wildman–Crippen MR) is 61.1 cm³/mol. The summed E-state index contributed by atoms with van der Waals surface area (Å²) in [5, 5.41) is 0. The van der Waals surface area contributed by atoms with Crippen LogP contribution in [0.3, 0.4) is 0 Å². The maximum atomic E-state index is 11.5. The van der Waals surface area contributed by atoms with Crippen molar-refractivity contribution < 1.29 is 4.52 Å². The Hall–Kier alpha value is -2.10. The van der Waals surface area contributed by atoms with Gasteiger partial charge in [0, 0.05) is 5.56 Å². The van der Waals surface area contributed by atoms with E-state index in [1.807, 2.05) is 37.3 Å². The summed E-state index contributed by atoms with van der Waals surface area (Å²) in [7, 11) is 0. The largest absolute Gasteiger partial charge is 0.380 e. The zero-order chi connectivity index (χ0) is 11.5. The van der Waals surface area contributed by atoms with E-state index in [0.717, 1.165) is 5.56 Å². The summed E-state index contributed by atoms with van der Waals surface area (Å²) in [6.45, 7) is 5.43. The molecule has 0 spiro atoms. The van der Waals surface area contributed by atoms with Gasteiger partial charge < -0.3 is 4.52 Å². The fraction of sp³-hybridized carbons (Fsp3) is 0.167. The maximum absolute atomic E-state index is 11.5. The lowest BCUT2D eigenvalue weighted by molar-refractivity contribution is 0.254. The first-order valence-corrected chi connectivity index (χ1v) is 5.00. The fourth-order valence-electron chi connectivity index (χ4n) is 1.34. The predicted octanol–water partition coefficient (Wildman–Crippen LogP) is 2.25. The topological polar surface area (TPSA) is 48.0 Å². The Labute approximate surface area is 92.8 Å². The van der Waals surface area contributed by atoms with Crippen LogP contribution in [-0.4, -0.2) is 9.72 Å². The number of benzene rings is 1. The van der Waals surface area contributed by atoms with Gasteiger partial charge >= 0.3 is 5.69 Å². The summed E-state index contributed by atoms with van der Waals surface area (Å²) < 4.78 is 6.58. The van der Waals surface area contributed by atoms with E-state index in [1.54, 1.807) is 6.08 Å². The summed E-state index contributed by atoms with van der Waals surface area (Å²) in [4.78, 5) is 15.4. The molecule has 4 nitrogen and oxygen atoms in total. The number of nitrogens with zero attached hydrogens (tertiary/aromatic N) is 2. The Balaban J connectivity index is 2.46. The van der Waals surface area contributed by atoms with Crippen molar-refractivity contribution in [3.8, 4) is 11.5 Å². The molecule has 1 unspecified atom stereocenters. The molecule has 2 aromatic rings. The van der Waals surface area contributed by atoms with E-state index in [2.05, 4.69) is 11.6 Å². The minimum absolute atomic E-state index is 0.197. The Morgan fingerprint density at radius 2 is 2.12 bits per heavy atom. The molecular formula is C12H12N2O2. The van der Waals surface area contributed by atoms with E-state index in [0.29, 0.717) is 5.89 Å². The van der Waals surface area contributed by atoms with Gasteiger partial charge in [0.15, 0.2) is 0 Å². The molecule has 2 rings (SSSR count). The number of allylic oxidation sites excluding steroid dienone is 1. The van der Waals surface area contributed by atoms with E-state index >= 15 is 0 Å². The Morgan fingerprint density at radius 3 is 2.75 bits per heavy atom. The molecule has 16 heavy (non-hydrogen) atoms. The highest BCUT2D eigenvalue weighted by Gasteiger charge is 2.12. The molecule has 0 aliphatic rings. The maximum Gasteiger partial charge on any atom is 0.380 e. The Kier molecular flexibility index (Phi) is 2.72. The standard InChI is InChI=1S/C12H12N2O2/c1-3-9(2)14-12(15)13-11(16-14)10-7-5-4-6-8-10/h3-9H,1H2,2H3. The van der Waals surface area contributed by atoms with E-state index in [-0.39, 0.29) is 6.04 Å². The highest BCUT2D eigenvalue weighted by molar-refractivity contribution is 5.51. The van der Waals surface area contributed by atoms with Gasteiger partial charge in [-0.15, -0.1) is 11.3 Å². The lowest BCUT2D eigenvalue weighted by Gasteiger charge is -2.02. The van der Waals surface area contributed by atoms with Crippen LogP contribution in [0.15, 0.2) is 52.3 Å². The smallest absolute Gasteiger partial charge is 0.353 e. The average Bonchev–Trinajstić information content (AvgIpc) is 2.71. The van der Waals surface area contributed by atoms with Crippen LogP contribution < -0.4 is 5.69 Å². The first kappa shape index (κ1) is 10.4. The minimum atomic E-state index is -0.397. The normalized spacial score (nSPS) is 12.3. The van der Waals surface area contributed by atoms with Crippen LogP contribution in [0, 0.1) is 0 Å². The molecule has 0 radical (unpaired) electrons. The van der Waals surface area contributed by atoms with Gasteiger partial charge in [0.2, 0.25) is 0 Å². The van der Waals surface area contributed by atoms with Crippen molar-refractivity contribution in [2.24, 2.45) is 0 Å². The van der Waals surface area contributed by atoms with Crippen molar-refractivity contribution in [1.82, 2.24) is 9.72 Å². The van der Waals surface area contributed by atoms with Crippen LogP contribution >= 0.6 is 0 Å². The highest BCUT2D eigenvalue weighted by atomic mass is 16.5. The number of hydrogen-bond donors (Lipinski definition) is 0. The molecular weight excluding hydrogens is 204 g/mol. The fourth-order valence-corrected chi connectivity index (χ4v) is 1.34. The first-order valence-electron chi connectivity index (χ1n) is 5.00. The van der Waals surface area contributed by atoms with E-state index in [4.69, 9.17) is 4.52 Å². The van der Waals surface area contributed by atoms with Gasteiger partial charge in [0.1, 0.15) is 0 Å². The van der Waals surface area contributed by atoms with E-state index in [1.165, 1.54) is 4.74 Å². The number of aromatic nitrogens is 2. The second kappa shape index (κ2) is 4.18. The van der Waals surface area contributed by atoms with Gasteiger partial charge in [-0.25, -0.2) is 4.79 Å². The molecule has 0 saturated heterocycles. The molecule has 82 valence electrons. The van der Waals surface area contributed by atoms with Gasteiger partial charge in [-0.05, 0) is 19.1 Å². The molecule has 0 aliphatic heterocycles. The van der Waals surface area contributed by atoms with Crippen molar-refractivity contribution in [1.29, 1.82) is 0 Å². The van der Waals surface area contributed by atoms with E-state index < -0.39 is 5.69 Å². The summed E-state index contributed by atoms with van der Waals surface area (Å²) in [6.07, 6.45) is 1.63. The van der Waals surface area contributed by atoms with Gasteiger partial charge in [-0.3, -0.25) is 0 Å². The molecule has 1 aromatic heterocycles. The SMILES string of the molecule is C=CC(C)n1oc(-c2ccccc2)nc1=O. The first-order chi connectivity index (χ1) is 7.72. The quantitative estimate of drug-likeness (QED) is 0.739. The summed E-state index contributed by atoms with van der Waals surface area (Å²) in [5.74, 6) is 0.333. The Bertz CT molecular complexity index is 540. The van der Waals surface area contributed by atoms with Crippen molar-refractivity contribution in [2.75, 3.05) is 0 Å². The van der Waals surface area contributed by atoms with Gasteiger partial charge in [-0.2, -0.15) is 4.98 Å². The molecule has 0 saturated carbocycles. The van der Waals surface area contributed by atoms with Crippen molar-refractivity contribution in [2.45, 2.75) is 13.0 Å². The lowest BCUT2D eigenvalue weighted by Crippen LogP contribution is -2.18.